The molecule has 2 aromatic heterocycles. The lowest BCUT2D eigenvalue weighted by Crippen LogP contribution is -2.38. The van der Waals surface area contributed by atoms with Crippen molar-refractivity contribution in [3.8, 4) is 0 Å². The lowest BCUT2D eigenvalue weighted by Gasteiger charge is -2.28. The Morgan fingerprint density at radius 1 is 1.36 bits per heavy atom. The molecule has 1 saturated carbocycles. The Morgan fingerprint density at radius 2 is 2.14 bits per heavy atom. The fourth-order valence-corrected chi connectivity index (χ4v) is 4.91. The van der Waals surface area contributed by atoms with Gasteiger partial charge in [-0.25, -0.2) is 9.97 Å². The van der Waals surface area contributed by atoms with Crippen molar-refractivity contribution in [2.75, 3.05) is 0 Å². The van der Waals surface area contributed by atoms with Crippen molar-refractivity contribution < 1.29 is 9.21 Å². The second-order valence-electron chi connectivity index (χ2n) is 5.59. The highest BCUT2D eigenvalue weighted by molar-refractivity contribution is 8.01. The molecule has 1 N–H and O–H groups in total. The molecule has 0 unspecified atom stereocenters. The first-order valence-electron chi connectivity index (χ1n) is 7.41. The van der Waals surface area contributed by atoms with Gasteiger partial charge in [0.1, 0.15) is 4.34 Å². The molecular weight excluding hydrogens is 318 g/mol. The van der Waals surface area contributed by atoms with E-state index in [2.05, 4.69) is 20.7 Å². The minimum absolute atomic E-state index is 0.151. The monoisotopic (exact) mass is 337 g/mol. The average Bonchev–Trinajstić information content (AvgIpc) is 3.10. The first kappa shape index (κ1) is 15.6. The summed E-state index contributed by atoms with van der Waals surface area (Å²) >= 11 is 3.59. The van der Waals surface area contributed by atoms with Crippen LogP contribution in [0.3, 0.4) is 0 Å². The maximum Gasteiger partial charge on any atom is 0.289 e. The largest absolute Gasteiger partial charge is 0.438 e. The van der Waals surface area contributed by atoms with Gasteiger partial charge < -0.3 is 9.73 Å². The summed E-state index contributed by atoms with van der Waals surface area (Å²) in [5.74, 6) is 0.177. The number of aryl methyl sites for hydroxylation is 2. The zero-order chi connectivity index (χ0) is 15.5. The maximum absolute atomic E-state index is 12.1. The molecule has 7 heteroatoms. The van der Waals surface area contributed by atoms with Crippen LogP contribution in [-0.2, 0) is 0 Å². The smallest absolute Gasteiger partial charge is 0.289 e. The molecule has 118 valence electrons. The van der Waals surface area contributed by atoms with Gasteiger partial charge in [0.15, 0.2) is 6.39 Å². The van der Waals surface area contributed by atoms with Gasteiger partial charge in [0.25, 0.3) is 5.91 Å². The second kappa shape index (κ2) is 6.83. The van der Waals surface area contributed by atoms with Gasteiger partial charge in [0.2, 0.25) is 5.76 Å². The molecule has 1 aliphatic rings. The Morgan fingerprint density at radius 3 is 2.73 bits per heavy atom. The van der Waals surface area contributed by atoms with Gasteiger partial charge in [0, 0.05) is 22.4 Å². The van der Waals surface area contributed by atoms with Crippen LogP contribution in [0, 0.1) is 13.8 Å². The average molecular weight is 337 g/mol. The predicted molar refractivity (Wildman–Crippen MR) is 87.5 cm³/mol. The van der Waals surface area contributed by atoms with Crippen LogP contribution in [0.4, 0.5) is 0 Å². The van der Waals surface area contributed by atoms with E-state index in [-0.39, 0.29) is 11.9 Å². The summed E-state index contributed by atoms with van der Waals surface area (Å²) in [4.78, 5) is 20.6. The molecule has 0 saturated heterocycles. The van der Waals surface area contributed by atoms with Gasteiger partial charge in [-0.3, -0.25) is 4.79 Å². The van der Waals surface area contributed by atoms with E-state index < -0.39 is 0 Å². The quantitative estimate of drug-likeness (QED) is 0.923. The van der Waals surface area contributed by atoms with E-state index in [1.807, 2.05) is 18.7 Å². The van der Waals surface area contributed by atoms with Crippen LogP contribution in [0.2, 0.25) is 0 Å². The molecular formula is C15H19N3O2S2. The Hall–Kier alpha value is -1.34. The van der Waals surface area contributed by atoms with Gasteiger partial charge in [-0.2, -0.15) is 0 Å². The van der Waals surface area contributed by atoms with Gasteiger partial charge in [0.05, 0.1) is 5.69 Å². The number of hydrogen-bond acceptors (Lipinski definition) is 6. The number of hydrogen-bond donors (Lipinski definition) is 1. The summed E-state index contributed by atoms with van der Waals surface area (Å²) in [5.41, 5.74) is 1.73. The fraction of sp³-hybridized carbons (Fsp3) is 0.533. The van der Waals surface area contributed by atoms with Gasteiger partial charge in [-0.05, 0) is 39.5 Å². The highest BCUT2D eigenvalue weighted by Gasteiger charge is 2.25. The van der Waals surface area contributed by atoms with Crippen LogP contribution < -0.4 is 5.32 Å². The molecule has 1 fully saturated rings. The normalized spacial score (nSPS) is 21.7. The van der Waals surface area contributed by atoms with Crippen LogP contribution >= 0.6 is 23.1 Å². The van der Waals surface area contributed by atoms with Crippen LogP contribution in [0.15, 0.2) is 20.5 Å². The summed E-state index contributed by atoms with van der Waals surface area (Å²) in [6.07, 6.45) is 5.52. The number of thiazole rings is 1. The third-order valence-corrected chi connectivity index (χ3v) is 6.25. The van der Waals surface area contributed by atoms with Crippen LogP contribution in [0.25, 0.3) is 0 Å². The standard InChI is InChI=1S/C15H19N3O2S2/c1-9-7-21-15(17-9)22-12-5-3-11(4-6-12)18-14(19)13-10(2)16-8-20-13/h7-8,11-12H,3-6H2,1-2H3,(H,18,19). The number of carbonyl (C=O) groups excluding carboxylic acids is 1. The van der Waals surface area contributed by atoms with E-state index in [0.29, 0.717) is 16.7 Å². The Kier molecular flexibility index (Phi) is 4.83. The maximum atomic E-state index is 12.1. The van der Waals surface area contributed by atoms with E-state index >= 15 is 0 Å². The first-order chi connectivity index (χ1) is 10.6. The van der Waals surface area contributed by atoms with Crippen molar-refractivity contribution in [3.63, 3.8) is 0 Å². The second-order valence-corrected chi connectivity index (χ2v) is 7.99. The van der Waals surface area contributed by atoms with E-state index in [0.717, 1.165) is 35.7 Å². The highest BCUT2D eigenvalue weighted by Crippen LogP contribution is 2.35. The number of rotatable bonds is 4. The van der Waals surface area contributed by atoms with Gasteiger partial charge in [-0.1, -0.05) is 11.8 Å². The van der Waals surface area contributed by atoms with Crippen LogP contribution in [0.1, 0.15) is 47.6 Å². The number of oxazole rings is 1. The van der Waals surface area contributed by atoms with Crippen molar-refractivity contribution in [2.24, 2.45) is 0 Å². The molecule has 2 aromatic rings. The minimum Gasteiger partial charge on any atom is -0.438 e. The zero-order valence-corrected chi connectivity index (χ0v) is 14.3. The molecule has 2 heterocycles. The molecule has 1 aliphatic carbocycles. The van der Waals surface area contributed by atoms with Crippen molar-refractivity contribution in [3.05, 3.63) is 28.9 Å². The molecule has 0 spiro atoms. The molecule has 0 aliphatic heterocycles. The van der Waals surface area contributed by atoms with Crippen molar-refractivity contribution in [1.29, 1.82) is 0 Å². The predicted octanol–water partition coefficient (Wildman–Crippen LogP) is 3.58. The van der Waals surface area contributed by atoms with Gasteiger partial charge >= 0.3 is 0 Å². The van der Waals surface area contributed by atoms with Crippen molar-refractivity contribution in [1.82, 2.24) is 15.3 Å². The summed E-state index contributed by atoms with van der Waals surface area (Å²) in [6.45, 7) is 3.81. The van der Waals surface area contributed by atoms with E-state index in [4.69, 9.17) is 4.42 Å². The fourth-order valence-electron chi connectivity index (χ4n) is 2.62. The lowest BCUT2D eigenvalue weighted by molar-refractivity contribution is 0.0899. The number of nitrogens with one attached hydrogen (secondary N) is 1. The van der Waals surface area contributed by atoms with E-state index in [9.17, 15) is 4.79 Å². The Balaban J connectivity index is 1.47. The minimum atomic E-state index is -0.151. The van der Waals surface area contributed by atoms with Crippen LogP contribution in [-0.4, -0.2) is 27.2 Å². The van der Waals surface area contributed by atoms with Crippen LogP contribution in [0.5, 0.6) is 0 Å². The topological polar surface area (TPSA) is 68.0 Å². The lowest BCUT2D eigenvalue weighted by atomic mass is 9.95. The number of aromatic nitrogens is 2. The summed E-state index contributed by atoms with van der Waals surface area (Å²) in [6, 6.07) is 0.229. The summed E-state index contributed by atoms with van der Waals surface area (Å²) < 4.78 is 6.29. The SMILES string of the molecule is Cc1csc(SC2CCC(NC(=O)c3ocnc3C)CC2)n1. The molecule has 3 rings (SSSR count). The Labute approximate surface area is 137 Å². The molecule has 0 radical (unpaired) electrons. The third-order valence-electron chi connectivity index (χ3n) is 3.83. The Bertz CT molecular complexity index is 645. The molecule has 5 nitrogen and oxygen atoms in total. The van der Waals surface area contributed by atoms with E-state index in [1.165, 1.54) is 6.39 Å². The molecule has 0 bridgehead atoms. The summed E-state index contributed by atoms with van der Waals surface area (Å²) in [5, 5.41) is 5.75. The number of nitrogens with zero attached hydrogens (tertiary/aromatic N) is 2. The number of amides is 1. The van der Waals surface area contributed by atoms with Gasteiger partial charge in [-0.15, -0.1) is 11.3 Å². The van der Waals surface area contributed by atoms with Crippen molar-refractivity contribution >= 4 is 29.0 Å². The molecule has 0 atom stereocenters. The van der Waals surface area contributed by atoms with Crippen molar-refractivity contribution in [2.45, 2.75) is 55.2 Å². The number of thioether (sulfide) groups is 1. The summed E-state index contributed by atoms with van der Waals surface area (Å²) in [7, 11) is 0. The van der Waals surface area contributed by atoms with E-state index in [1.54, 1.807) is 18.3 Å². The third kappa shape index (κ3) is 3.70. The highest BCUT2D eigenvalue weighted by atomic mass is 32.2. The molecule has 1 amide bonds. The number of carbonyl (C=O) groups is 1. The zero-order valence-electron chi connectivity index (χ0n) is 12.7. The molecule has 22 heavy (non-hydrogen) atoms. The molecule has 0 aromatic carbocycles. The first-order valence-corrected chi connectivity index (χ1v) is 9.17.